The van der Waals surface area contributed by atoms with Gasteiger partial charge in [-0.1, -0.05) is 11.8 Å². The van der Waals surface area contributed by atoms with Crippen LogP contribution in [0.15, 0.2) is 168 Å². The summed E-state index contributed by atoms with van der Waals surface area (Å²) >= 11 is 1.49. The summed E-state index contributed by atoms with van der Waals surface area (Å²) in [7, 11) is 6.40. The molecule has 0 aliphatic carbocycles. The molecule has 2 aliphatic rings. The molecule has 0 amide bonds. The Labute approximate surface area is 370 Å². The number of anilines is 6. The largest absolute Gasteiger partial charge is 0.497 e. The predicted molar refractivity (Wildman–Crippen MR) is 240 cm³/mol. The predicted octanol–water partition coefficient (Wildman–Crippen LogP) is 13.3. The van der Waals surface area contributed by atoms with E-state index in [9.17, 15) is 13.2 Å². The Morgan fingerprint density at radius 3 is 1.25 bits per heavy atom. The summed E-state index contributed by atoms with van der Waals surface area (Å²) in [6.07, 6.45) is -4.77. The van der Waals surface area contributed by atoms with Crippen LogP contribution in [0.1, 0.15) is 22.4 Å². The lowest BCUT2D eigenvalue weighted by atomic mass is 9.76. The Balaban J connectivity index is 1.26. The van der Waals surface area contributed by atoms with E-state index in [1.54, 1.807) is 34.5 Å². The Morgan fingerprint density at radius 2 is 0.875 bits per heavy atom. The van der Waals surface area contributed by atoms with Crippen molar-refractivity contribution < 1.29 is 36.5 Å². The van der Waals surface area contributed by atoms with E-state index in [1.165, 1.54) is 28.6 Å². The van der Waals surface area contributed by atoms with Crippen LogP contribution in [0.5, 0.6) is 23.0 Å². The van der Waals surface area contributed by atoms with E-state index in [4.69, 9.17) is 18.9 Å². The number of aromatic nitrogens is 2. The molecular formula is C51H38F4N4O4S. The molecule has 0 fully saturated rings. The van der Waals surface area contributed by atoms with Crippen LogP contribution in [0.2, 0.25) is 0 Å². The molecule has 320 valence electrons. The summed E-state index contributed by atoms with van der Waals surface area (Å²) in [5.74, 6) is 2.13. The zero-order valence-corrected chi connectivity index (χ0v) is 35.7. The second-order valence-corrected chi connectivity index (χ2v) is 16.2. The fraction of sp³-hybridized carbons (Fsp3) is 0.118. The van der Waals surface area contributed by atoms with E-state index < -0.39 is 23.2 Å². The van der Waals surface area contributed by atoms with Crippen molar-refractivity contribution in [2.75, 3.05) is 38.2 Å². The Bertz CT molecular complexity index is 2790. The smallest absolute Gasteiger partial charge is 0.435 e. The van der Waals surface area contributed by atoms with E-state index in [0.717, 1.165) is 38.6 Å². The molecule has 0 bridgehead atoms. The average Bonchev–Trinajstić information content (AvgIpc) is 3.88. The Morgan fingerprint density at radius 1 is 0.484 bits per heavy atom. The van der Waals surface area contributed by atoms with Gasteiger partial charge in [-0.25, -0.2) is 9.07 Å². The third kappa shape index (κ3) is 6.65. The second-order valence-electron chi connectivity index (χ2n) is 15.2. The van der Waals surface area contributed by atoms with Gasteiger partial charge in [-0.3, -0.25) is 0 Å². The van der Waals surface area contributed by atoms with Crippen molar-refractivity contribution in [2.24, 2.45) is 0 Å². The molecule has 10 rings (SSSR count). The highest BCUT2D eigenvalue weighted by Crippen LogP contribution is 2.61. The summed E-state index contributed by atoms with van der Waals surface area (Å²) in [6, 6.07) is 47.5. The van der Waals surface area contributed by atoms with E-state index in [-0.39, 0.29) is 5.69 Å². The van der Waals surface area contributed by atoms with Gasteiger partial charge < -0.3 is 28.7 Å². The van der Waals surface area contributed by atoms with Gasteiger partial charge in [0.15, 0.2) is 5.69 Å². The topological polar surface area (TPSA) is 61.2 Å². The maximum Gasteiger partial charge on any atom is 0.435 e. The lowest BCUT2D eigenvalue weighted by Crippen LogP contribution is -2.39. The van der Waals surface area contributed by atoms with Crippen LogP contribution >= 0.6 is 11.8 Å². The number of benzene rings is 7. The van der Waals surface area contributed by atoms with Gasteiger partial charge in [0.05, 0.1) is 34.1 Å². The molecule has 13 heteroatoms. The van der Waals surface area contributed by atoms with Crippen molar-refractivity contribution in [3.8, 4) is 34.3 Å². The van der Waals surface area contributed by atoms with Crippen molar-refractivity contribution in [1.82, 2.24) is 9.78 Å². The molecule has 8 aromatic rings. The highest BCUT2D eigenvalue weighted by Gasteiger charge is 2.53. The van der Waals surface area contributed by atoms with Gasteiger partial charge in [-0.2, -0.15) is 18.3 Å². The van der Waals surface area contributed by atoms with Crippen LogP contribution in [-0.2, 0) is 11.7 Å². The maximum absolute atomic E-state index is 15.9. The molecule has 0 saturated heterocycles. The van der Waals surface area contributed by atoms with Crippen molar-refractivity contribution in [3.05, 3.63) is 186 Å². The van der Waals surface area contributed by atoms with Gasteiger partial charge in [-0.05, 0) is 158 Å². The van der Waals surface area contributed by atoms with Crippen molar-refractivity contribution in [3.63, 3.8) is 0 Å². The minimum absolute atomic E-state index is 0.214. The maximum atomic E-state index is 15.9. The number of rotatable bonds is 10. The van der Waals surface area contributed by atoms with Gasteiger partial charge in [0, 0.05) is 66.2 Å². The number of halogens is 4. The van der Waals surface area contributed by atoms with E-state index in [2.05, 4.69) is 5.10 Å². The standard InChI is InChI=1S/C51H38F4N4O4S/c1-60-38-16-6-32(7-17-38)57(33-8-18-39(61-2)19-9-33)36-14-25-47-44(28-36)50(43-27-31(52)5-24-42(43)46-30-49(51(53,54)55)56-59(46)50)45-29-37(15-26-48(45)64-47)58(34-10-20-40(62-3)21-11-34)35-12-22-41(63-4)23-13-35/h5-30H,1-4H3. The molecule has 7 aromatic carbocycles. The van der Waals surface area contributed by atoms with Crippen LogP contribution in [-0.4, -0.2) is 38.2 Å². The lowest BCUT2D eigenvalue weighted by Gasteiger charge is -2.41. The van der Waals surface area contributed by atoms with E-state index in [0.29, 0.717) is 56.6 Å². The molecule has 0 N–H and O–H groups in total. The van der Waals surface area contributed by atoms with Crippen molar-refractivity contribution in [1.29, 1.82) is 0 Å². The van der Waals surface area contributed by atoms with Crippen molar-refractivity contribution >= 4 is 45.9 Å². The molecule has 3 heterocycles. The monoisotopic (exact) mass is 878 g/mol. The van der Waals surface area contributed by atoms with Crippen LogP contribution in [0.3, 0.4) is 0 Å². The Kier molecular flexibility index (Phi) is 10.0. The Hall–Kier alpha value is -7.38. The van der Waals surface area contributed by atoms with E-state index in [1.807, 2.05) is 143 Å². The fourth-order valence-corrected chi connectivity index (χ4v) is 9.92. The molecule has 0 unspecified atom stereocenters. The molecule has 64 heavy (non-hydrogen) atoms. The number of ether oxygens (including phenoxy) is 4. The van der Waals surface area contributed by atoms with Crippen LogP contribution in [0.25, 0.3) is 11.3 Å². The van der Waals surface area contributed by atoms with Gasteiger partial charge in [0.1, 0.15) is 34.4 Å². The van der Waals surface area contributed by atoms with Gasteiger partial charge in [-0.15, -0.1) is 0 Å². The first-order valence-electron chi connectivity index (χ1n) is 20.2. The second kappa shape index (κ2) is 15.8. The average molecular weight is 879 g/mol. The number of nitrogens with zero attached hydrogens (tertiary/aromatic N) is 4. The van der Waals surface area contributed by atoms with Gasteiger partial charge >= 0.3 is 6.18 Å². The summed E-state index contributed by atoms with van der Waals surface area (Å²) in [4.78, 5) is 5.63. The lowest BCUT2D eigenvalue weighted by molar-refractivity contribution is -0.141. The van der Waals surface area contributed by atoms with Crippen LogP contribution in [0, 0.1) is 5.82 Å². The third-order valence-corrected chi connectivity index (χ3v) is 12.9. The normalized spacial score (nSPS) is 13.1. The highest BCUT2D eigenvalue weighted by atomic mass is 32.2. The summed E-state index contributed by atoms with van der Waals surface area (Å²) < 4.78 is 83.9. The molecular weight excluding hydrogens is 841 g/mol. The van der Waals surface area contributed by atoms with E-state index >= 15 is 4.39 Å². The van der Waals surface area contributed by atoms with Gasteiger partial charge in [0.2, 0.25) is 0 Å². The molecule has 8 nitrogen and oxygen atoms in total. The number of hydrogen-bond donors (Lipinski definition) is 0. The molecule has 1 aromatic heterocycles. The zero-order chi connectivity index (χ0) is 44.3. The number of alkyl halides is 3. The third-order valence-electron chi connectivity index (χ3n) is 11.7. The minimum atomic E-state index is -4.77. The molecule has 1 spiro atoms. The first kappa shape index (κ1) is 40.7. The zero-order valence-electron chi connectivity index (χ0n) is 34.9. The number of hydrogen-bond acceptors (Lipinski definition) is 8. The molecule has 0 saturated carbocycles. The van der Waals surface area contributed by atoms with Crippen LogP contribution in [0.4, 0.5) is 51.7 Å². The molecule has 2 aliphatic heterocycles. The molecule has 0 atom stereocenters. The summed E-state index contributed by atoms with van der Waals surface area (Å²) in [5, 5.41) is 4.42. The number of fused-ring (bicyclic) bond motifs is 9. The summed E-state index contributed by atoms with van der Waals surface area (Å²) in [6.45, 7) is 0. The fourth-order valence-electron chi connectivity index (χ4n) is 8.78. The number of methoxy groups -OCH3 is 4. The van der Waals surface area contributed by atoms with Gasteiger partial charge in [0.25, 0.3) is 0 Å². The van der Waals surface area contributed by atoms with Crippen molar-refractivity contribution in [2.45, 2.75) is 21.5 Å². The van der Waals surface area contributed by atoms with Crippen LogP contribution < -0.4 is 28.7 Å². The first-order chi connectivity index (χ1) is 31.0. The molecule has 0 radical (unpaired) electrons. The SMILES string of the molecule is COc1ccc(N(c2ccc(OC)cc2)c2ccc3c(c2)C2(c4cc(N(c5ccc(OC)cc5)c5ccc(OC)cc5)ccc4S3)c3cc(F)ccc3-c3cc(C(F)(F)F)nn32)cc1. The summed E-state index contributed by atoms with van der Waals surface area (Å²) in [5.41, 5.74) is 4.26. The quantitative estimate of drug-likeness (QED) is 0.126. The first-order valence-corrected chi connectivity index (χ1v) is 21.0. The highest BCUT2D eigenvalue weighted by molar-refractivity contribution is 7.99. The minimum Gasteiger partial charge on any atom is -0.497 e.